The third-order valence-corrected chi connectivity index (χ3v) is 2.78. The van der Waals surface area contributed by atoms with Gasteiger partial charge in [-0.1, -0.05) is 27.7 Å². The van der Waals surface area contributed by atoms with E-state index in [4.69, 9.17) is 11.5 Å². The van der Waals surface area contributed by atoms with Crippen molar-refractivity contribution in [2.45, 2.75) is 27.7 Å². The first-order valence-electron chi connectivity index (χ1n) is 4.83. The van der Waals surface area contributed by atoms with Crippen LogP contribution in [-0.4, -0.2) is 42.2 Å². The lowest BCUT2D eigenvalue weighted by atomic mass is 10.0. The van der Waals surface area contributed by atoms with Crippen LogP contribution in [0, 0.1) is 0 Å². The molecule has 2 nitrogen and oxygen atoms in total. The van der Waals surface area contributed by atoms with Gasteiger partial charge < -0.3 is 9.62 Å². The minimum atomic E-state index is 0.0648. The van der Waals surface area contributed by atoms with E-state index < -0.39 is 0 Å². The summed E-state index contributed by atoms with van der Waals surface area (Å²) in [4.78, 5) is 4.49. The molecular formula is C8H20BClN2. The summed E-state index contributed by atoms with van der Waals surface area (Å²) in [6.45, 7) is 12.6. The minimum absolute atomic E-state index is 0.0648. The van der Waals surface area contributed by atoms with E-state index in [0.29, 0.717) is 0 Å². The Morgan fingerprint density at radius 1 is 0.833 bits per heavy atom. The van der Waals surface area contributed by atoms with Gasteiger partial charge in [0.05, 0.1) is 0 Å². The number of hydrogen-bond donors (Lipinski definition) is 0. The first-order chi connectivity index (χ1) is 5.71. The minimum Gasteiger partial charge on any atom is -0.315 e. The van der Waals surface area contributed by atoms with Gasteiger partial charge in [-0.05, 0) is 26.2 Å². The topological polar surface area (TPSA) is 6.48 Å². The maximum Gasteiger partial charge on any atom is 0.419 e. The summed E-state index contributed by atoms with van der Waals surface area (Å²) in [5.74, 6) is 0. The van der Waals surface area contributed by atoms with E-state index in [0.717, 1.165) is 26.2 Å². The lowest BCUT2D eigenvalue weighted by molar-refractivity contribution is 0.394. The lowest BCUT2D eigenvalue weighted by Crippen LogP contribution is -2.49. The molecule has 12 heavy (non-hydrogen) atoms. The molecule has 72 valence electrons. The second-order valence-electron chi connectivity index (χ2n) is 2.75. The van der Waals surface area contributed by atoms with E-state index in [1.807, 2.05) is 0 Å². The Labute approximate surface area is 81.9 Å². The van der Waals surface area contributed by atoms with Crippen LogP contribution < -0.4 is 0 Å². The van der Waals surface area contributed by atoms with Crippen molar-refractivity contribution in [3.63, 3.8) is 0 Å². The first-order valence-corrected chi connectivity index (χ1v) is 5.26. The van der Waals surface area contributed by atoms with Crippen LogP contribution in [0.5, 0.6) is 0 Å². The summed E-state index contributed by atoms with van der Waals surface area (Å²) in [6.07, 6.45) is 0.0648. The highest BCUT2D eigenvalue weighted by Crippen LogP contribution is 2.05. The van der Waals surface area contributed by atoms with Crippen molar-refractivity contribution >= 4 is 17.9 Å². The summed E-state index contributed by atoms with van der Waals surface area (Å²) in [5, 5.41) is 0. The molecule has 0 heterocycles. The second-order valence-corrected chi connectivity index (χ2v) is 3.14. The molecule has 0 radical (unpaired) electrons. The van der Waals surface area contributed by atoms with Crippen LogP contribution in [0.1, 0.15) is 27.7 Å². The van der Waals surface area contributed by atoms with Crippen LogP contribution in [0.3, 0.4) is 0 Å². The predicted molar refractivity (Wildman–Crippen MR) is 57.4 cm³/mol. The Bertz CT molecular complexity index is 93.2. The van der Waals surface area contributed by atoms with Gasteiger partial charge in [0, 0.05) is 0 Å². The molecule has 0 amide bonds. The van der Waals surface area contributed by atoms with Gasteiger partial charge >= 0.3 is 6.40 Å². The summed E-state index contributed by atoms with van der Waals surface area (Å²) >= 11 is 6.27. The van der Waals surface area contributed by atoms with Gasteiger partial charge in [-0.15, -0.1) is 11.5 Å². The van der Waals surface area contributed by atoms with Crippen molar-refractivity contribution in [1.82, 2.24) is 9.62 Å². The van der Waals surface area contributed by atoms with Crippen molar-refractivity contribution in [1.29, 1.82) is 0 Å². The molecular weight excluding hydrogens is 170 g/mol. The maximum absolute atomic E-state index is 6.27. The molecule has 0 spiro atoms. The second kappa shape index (κ2) is 6.75. The quantitative estimate of drug-likeness (QED) is 0.590. The largest absolute Gasteiger partial charge is 0.419 e. The van der Waals surface area contributed by atoms with Gasteiger partial charge in [-0.2, -0.15) is 0 Å². The average Bonchev–Trinajstić information content (AvgIpc) is 2.09. The molecule has 0 aromatic rings. The molecule has 0 N–H and O–H groups in total. The van der Waals surface area contributed by atoms with Crippen molar-refractivity contribution in [3.05, 3.63) is 0 Å². The Kier molecular flexibility index (Phi) is 6.91. The molecule has 0 bridgehead atoms. The molecule has 0 saturated carbocycles. The predicted octanol–water partition coefficient (Wildman–Crippen LogP) is 1.89. The van der Waals surface area contributed by atoms with Crippen LogP contribution in [0.2, 0.25) is 0 Å². The Balaban J connectivity index is 4.02. The van der Waals surface area contributed by atoms with Crippen molar-refractivity contribution in [3.8, 4) is 0 Å². The third kappa shape index (κ3) is 3.34. The van der Waals surface area contributed by atoms with Crippen LogP contribution >= 0.6 is 11.5 Å². The highest BCUT2D eigenvalue weighted by atomic mass is 35.5. The smallest absolute Gasteiger partial charge is 0.315 e. The highest BCUT2D eigenvalue weighted by Gasteiger charge is 2.24. The van der Waals surface area contributed by atoms with Gasteiger partial charge in [0.15, 0.2) is 0 Å². The van der Waals surface area contributed by atoms with Gasteiger partial charge in [0.2, 0.25) is 0 Å². The standard InChI is InChI=1S/C8H20BClN2/c1-5-11(6-2)9(10)12(7-3)8-4/h5-8H2,1-4H3. The van der Waals surface area contributed by atoms with Crippen LogP contribution in [-0.2, 0) is 0 Å². The zero-order valence-electron chi connectivity index (χ0n) is 8.68. The molecule has 0 aliphatic rings. The zero-order chi connectivity index (χ0) is 9.56. The lowest BCUT2D eigenvalue weighted by Gasteiger charge is -2.29. The average molecular weight is 191 g/mol. The van der Waals surface area contributed by atoms with Gasteiger partial charge in [-0.3, -0.25) is 0 Å². The molecule has 0 unspecified atom stereocenters. The fraction of sp³-hybridized carbons (Fsp3) is 1.00. The van der Waals surface area contributed by atoms with Crippen LogP contribution in [0.25, 0.3) is 0 Å². The van der Waals surface area contributed by atoms with Crippen molar-refractivity contribution in [2.75, 3.05) is 26.2 Å². The molecule has 0 atom stereocenters. The summed E-state index contributed by atoms with van der Waals surface area (Å²) in [5.41, 5.74) is 0. The molecule has 4 heteroatoms. The van der Waals surface area contributed by atoms with E-state index >= 15 is 0 Å². The fourth-order valence-corrected chi connectivity index (χ4v) is 1.83. The molecule has 0 aliphatic carbocycles. The summed E-state index contributed by atoms with van der Waals surface area (Å²) in [7, 11) is 0. The van der Waals surface area contributed by atoms with Gasteiger partial charge in [0.25, 0.3) is 0 Å². The Morgan fingerprint density at radius 2 is 1.08 bits per heavy atom. The summed E-state index contributed by atoms with van der Waals surface area (Å²) in [6, 6.07) is 0. The van der Waals surface area contributed by atoms with E-state index in [9.17, 15) is 0 Å². The summed E-state index contributed by atoms with van der Waals surface area (Å²) < 4.78 is 0. The molecule has 0 aromatic heterocycles. The number of halogens is 1. The first kappa shape index (κ1) is 12.3. The number of hydrogen-bond acceptors (Lipinski definition) is 2. The monoisotopic (exact) mass is 190 g/mol. The van der Waals surface area contributed by atoms with Crippen LogP contribution in [0.15, 0.2) is 0 Å². The molecule has 0 aromatic carbocycles. The normalized spacial score (nSPS) is 11.2. The van der Waals surface area contributed by atoms with E-state index in [2.05, 4.69) is 37.3 Å². The number of nitrogens with zero attached hydrogens (tertiary/aromatic N) is 2. The molecule has 0 fully saturated rings. The van der Waals surface area contributed by atoms with Crippen LogP contribution in [0.4, 0.5) is 0 Å². The number of rotatable bonds is 6. The van der Waals surface area contributed by atoms with E-state index in [1.165, 1.54) is 0 Å². The van der Waals surface area contributed by atoms with E-state index in [1.54, 1.807) is 0 Å². The zero-order valence-corrected chi connectivity index (χ0v) is 9.43. The van der Waals surface area contributed by atoms with E-state index in [-0.39, 0.29) is 6.40 Å². The fourth-order valence-electron chi connectivity index (χ4n) is 1.28. The Morgan fingerprint density at radius 3 is 1.25 bits per heavy atom. The Hall–Kier alpha value is 0.275. The third-order valence-electron chi connectivity index (χ3n) is 2.23. The van der Waals surface area contributed by atoms with Gasteiger partial charge in [0.1, 0.15) is 0 Å². The SMILES string of the molecule is CCN(CC)B(Cl)N(CC)CC. The molecule has 0 rings (SSSR count). The van der Waals surface area contributed by atoms with Crippen molar-refractivity contribution in [2.24, 2.45) is 0 Å². The molecule has 0 saturated heterocycles. The van der Waals surface area contributed by atoms with Crippen molar-refractivity contribution < 1.29 is 0 Å². The highest BCUT2D eigenvalue weighted by molar-refractivity contribution is 7.03. The molecule has 0 aliphatic heterocycles. The maximum atomic E-state index is 6.27. The van der Waals surface area contributed by atoms with Gasteiger partial charge in [-0.25, -0.2) is 0 Å².